The van der Waals surface area contributed by atoms with Gasteiger partial charge in [0, 0.05) is 12.3 Å². The van der Waals surface area contributed by atoms with Crippen LogP contribution < -0.4 is 0 Å². The summed E-state index contributed by atoms with van der Waals surface area (Å²) in [6.07, 6.45) is 9.21. The van der Waals surface area contributed by atoms with Crippen LogP contribution in [0.5, 0.6) is 0 Å². The minimum absolute atomic E-state index is 0.0469. The lowest BCUT2D eigenvalue weighted by Gasteiger charge is -2.40. The molecule has 0 radical (unpaired) electrons. The van der Waals surface area contributed by atoms with E-state index in [1.54, 1.807) is 0 Å². The van der Waals surface area contributed by atoms with Gasteiger partial charge in [0.2, 0.25) is 0 Å². The highest BCUT2D eigenvalue weighted by Crippen LogP contribution is 2.34. The van der Waals surface area contributed by atoms with Crippen molar-refractivity contribution in [3.8, 4) is 0 Å². The highest BCUT2D eigenvalue weighted by Gasteiger charge is 2.37. The van der Waals surface area contributed by atoms with E-state index < -0.39 is 11.8 Å². The summed E-state index contributed by atoms with van der Waals surface area (Å²) in [6, 6.07) is 0. The molecule has 0 aromatic heterocycles. The fourth-order valence-electron chi connectivity index (χ4n) is 3.29. The van der Waals surface area contributed by atoms with Crippen molar-refractivity contribution >= 4 is 5.97 Å². The summed E-state index contributed by atoms with van der Waals surface area (Å²) in [5.74, 6) is -1.37. The predicted molar refractivity (Wildman–Crippen MR) is 99.2 cm³/mol. The van der Waals surface area contributed by atoms with Crippen molar-refractivity contribution in [2.24, 2.45) is 5.92 Å². The minimum Gasteiger partial charge on any atom is -0.481 e. The summed E-state index contributed by atoms with van der Waals surface area (Å²) in [4.78, 5) is 11.0. The van der Waals surface area contributed by atoms with E-state index in [2.05, 4.69) is 6.92 Å². The van der Waals surface area contributed by atoms with Gasteiger partial charge < -0.3 is 14.6 Å². The third-order valence-corrected chi connectivity index (χ3v) is 4.29. The van der Waals surface area contributed by atoms with Gasteiger partial charge in [-0.05, 0) is 47.5 Å². The Morgan fingerprint density at radius 2 is 1.42 bits per heavy atom. The Morgan fingerprint density at radius 3 is 1.88 bits per heavy atom. The minimum atomic E-state index is -0.751. The maximum atomic E-state index is 11.0. The van der Waals surface area contributed by atoms with Gasteiger partial charge in [0.1, 0.15) is 0 Å². The topological polar surface area (TPSA) is 55.8 Å². The molecule has 0 aromatic rings. The molecule has 0 fully saturated rings. The van der Waals surface area contributed by atoms with Gasteiger partial charge in [0.15, 0.2) is 5.79 Å². The summed E-state index contributed by atoms with van der Waals surface area (Å²) in [6.45, 7) is 12.2. The first kappa shape index (κ1) is 23.4. The van der Waals surface area contributed by atoms with Gasteiger partial charge in [0.05, 0.1) is 12.2 Å². The Morgan fingerprint density at radius 1 is 0.917 bits per heavy atom. The van der Waals surface area contributed by atoms with Gasteiger partial charge in [-0.15, -0.1) is 0 Å². The molecule has 1 unspecified atom stereocenters. The third kappa shape index (κ3) is 11.0. The van der Waals surface area contributed by atoms with Crippen molar-refractivity contribution in [1.82, 2.24) is 0 Å². The van der Waals surface area contributed by atoms with E-state index in [-0.39, 0.29) is 24.5 Å². The van der Waals surface area contributed by atoms with Gasteiger partial charge in [-0.25, -0.2) is 0 Å². The molecule has 0 aliphatic heterocycles. The fourth-order valence-corrected chi connectivity index (χ4v) is 3.29. The van der Waals surface area contributed by atoms with Crippen LogP contribution in [0.4, 0.5) is 0 Å². The first-order valence-electron chi connectivity index (χ1n) is 9.78. The third-order valence-electron chi connectivity index (χ3n) is 4.29. The highest BCUT2D eigenvalue weighted by molar-refractivity contribution is 5.66. The fraction of sp³-hybridized carbons (Fsp3) is 0.950. The van der Waals surface area contributed by atoms with Crippen LogP contribution in [-0.4, -0.2) is 29.1 Å². The van der Waals surface area contributed by atoms with Crippen LogP contribution in [0.2, 0.25) is 0 Å². The zero-order valence-electron chi connectivity index (χ0n) is 16.8. The number of hydrogen-bond donors (Lipinski definition) is 1. The maximum absolute atomic E-state index is 11.0. The van der Waals surface area contributed by atoms with E-state index in [4.69, 9.17) is 14.6 Å². The van der Waals surface area contributed by atoms with E-state index in [0.29, 0.717) is 6.42 Å². The lowest BCUT2D eigenvalue weighted by Crippen LogP contribution is -2.44. The molecule has 0 aliphatic carbocycles. The second kappa shape index (κ2) is 12.7. The van der Waals surface area contributed by atoms with Crippen molar-refractivity contribution < 1.29 is 19.4 Å². The Labute approximate surface area is 149 Å². The molecule has 0 spiro atoms. The lowest BCUT2D eigenvalue weighted by molar-refractivity contribution is -0.287. The standard InChI is InChI=1S/C20H40O4/c1-7-8-9-10-11-12-13-18(14-15-19(21)22)20(6,23-16(2)3)24-17(4)5/h16-18H,7-15H2,1-6H3,(H,21,22). The second-order valence-corrected chi connectivity index (χ2v) is 7.53. The number of carboxylic acids is 1. The monoisotopic (exact) mass is 344 g/mol. The van der Waals surface area contributed by atoms with Crippen LogP contribution >= 0.6 is 0 Å². The van der Waals surface area contributed by atoms with Crippen LogP contribution in [0.25, 0.3) is 0 Å². The van der Waals surface area contributed by atoms with E-state index in [1.165, 1.54) is 32.1 Å². The van der Waals surface area contributed by atoms with Gasteiger partial charge in [-0.1, -0.05) is 45.4 Å². The first-order chi connectivity index (χ1) is 11.2. The largest absolute Gasteiger partial charge is 0.481 e. The van der Waals surface area contributed by atoms with Crippen LogP contribution in [0, 0.1) is 5.92 Å². The molecule has 4 nitrogen and oxygen atoms in total. The quantitative estimate of drug-likeness (QED) is 0.302. The number of ether oxygens (including phenoxy) is 2. The Balaban J connectivity index is 4.78. The molecular formula is C20H40O4. The summed E-state index contributed by atoms with van der Waals surface area (Å²) in [7, 11) is 0. The van der Waals surface area contributed by atoms with E-state index in [9.17, 15) is 4.79 Å². The highest BCUT2D eigenvalue weighted by atomic mass is 16.7. The SMILES string of the molecule is CCCCCCCCC(CCC(=O)O)C(C)(OC(C)C)OC(C)C. The number of hydrogen-bond acceptors (Lipinski definition) is 3. The second-order valence-electron chi connectivity index (χ2n) is 7.53. The molecule has 0 heterocycles. The van der Waals surface area contributed by atoms with Crippen molar-refractivity contribution in [2.45, 2.75) is 117 Å². The van der Waals surface area contributed by atoms with Gasteiger partial charge >= 0.3 is 5.97 Å². The van der Waals surface area contributed by atoms with Crippen molar-refractivity contribution in [1.29, 1.82) is 0 Å². The Kier molecular flexibility index (Phi) is 12.4. The number of carbonyl (C=O) groups is 1. The average molecular weight is 345 g/mol. The molecule has 0 rings (SSSR count). The smallest absolute Gasteiger partial charge is 0.303 e. The molecule has 24 heavy (non-hydrogen) atoms. The van der Waals surface area contributed by atoms with Gasteiger partial charge in [-0.3, -0.25) is 4.79 Å². The van der Waals surface area contributed by atoms with Crippen LogP contribution in [0.1, 0.15) is 99.3 Å². The zero-order valence-corrected chi connectivity index (χ0v) is 16.8. The molecule has 0 saturated carbocycles. The van der Waals surface area contributed by atoms with E-state index in [1.807, 2.05) is 34.6 Å². The molecule has 0 saturated heterocycles. The molecule has 0 aromatic carbocycles. The first-order valence-corrected chi connectivity index (χ1v) is 9.78. The Hall–Kier alpha value is -0.610. The van der Waals surface area contributed by atoms with Crippen molar-refractivity contribution in [2.75, 3.05) is 0 Å². The molecule has 1 N–H and O–H groups in total. The zero-order chi connectivity index (χ0) is 18.6. The molecule has 0 bridgehead atoms. The van der Waals surface area contributed by atoms with Crippen LogP contribution in [0.3, 0.4) is 0 Å². The maximum Gasteiger partial charge on any atom is 0.303 e. The Bertz CT molecular complexity index is 316. The average Bonchev–Trinajstić information content (AvgIpc) is 2.43. The molecule has 1 atom stereocenters. The van der Waals surface area contributed by atoms with E-state index in [0.717, 1.165) is 12.8 Å². The number of rotatable bonds is 15. The molecule has 0 aliphatic rings. The van der Waals surface area contributed by atoms with Gasteiger partial charge in [-0.2, -0.15) is 0 Å². The summed E-state index contributed by atoms with van der Waals surface area (Å²) < 4.78 is 12.2. The number of aliphatic carboxylic acids is 1. The lowest BCUT2D eigenvalue weighted by atomic mass is 9.88. The van der Waals surface area contributed by atoms with Crippen LogP contribution in [-0.2, 0) is 14.3 Å². The van der Waals surface area contributed by atoms with Crippen molar-refractivity contribution in [3.63, 3.8) is 0 Å². The molecule has 144 valence electrons. The van der Waals surface area contributed by atoms with E-state index >= 15 is 0 Å². The van der Waals surface area contributed by atoms with Crippen LogP contribution in [0.15, 0.2) is 0 Å². The van der Waals surface area contributed by atoms with Gasteiger partial charge in [0.25, 0.3) is 0 Å². The van der Waals surface area contributed by atoms with Crippen molar-refractivity contribution in [3.05, 3.63) is 0 Å². The summed E-state index contributed by atoms with van der Waals surface area (Å²) in [5.41, 5.74) is 0. The number of carboxylic acid groups (broad SMARTS) is 1. The molecular weight excluding hydrogens is 304 g/mol. The predicted octanol–water partition coefficient (Wildman–Crippen LogP) is 5.78. The number of unbranched alkanes of at least 4 members (excludes halogenated alkanes) is 5. The molecule has 0 amide bonds. The summed E-state index contributed by atoms with van der Waals surface area (Å²) in [5, 5.41) is 9.08. The normalized spacial score (nSPS) is 13.7. The summed E-state index contributed by atoms with van der Waals surface area (Å²) >= 11 is 0. The molecule has 4 heteroatoms.